The predicted molar refractivity (Wildman–Crippen MR) is 105 cm³/mol. The largest absolute Gasteiger partial charge is 0.469 e. The Balaban J connectivity index is 1.92. The Morgan fingerprint density at radius 3 is 2.00 bits per heavy atom. The number of ether oxygens (including phenoxy) is 1. The van der Waals surface area contributed by atoms with E-state index in [4.69, 9.17) is 0 Å². The normalized spacial score (nSPS) is 11.3. The first-order chi connectivity index (χ1) is 12.7. The van der Waals surface area contributed by atoms with Crippen LogP contribution in [0, 0.1) is 0 Å². The lowest BCUT2D eigenvalue weighted by Crippen LogP contribution is -2.39. The van der Waals surface area contributed by atoms with E-state index >= 15 is 0 Å². The van der Waals surface area contributed by atoms with E-state index in [2.05, 4.69) is 68.9 Å². The van der Waals surface area contributed by atoms with Crippen LogP contribution in [-0.2, 0) is 9.53 Å². The zero-order chi connectivity index (χ0) is 18.6. The van der Waals surface area contributed by atoms with Crippen molar-refractivity contribution in [3.05, 3.63) is 71.8 Å². The van der Waals surface area contributed by atoms with Crippen LogP contribution < -0.4 is 10.6 Å². The molecule has 0 aromatic heterocycles. The van der Waals surface area contributed by atoms with Crippen LogP contribution in [0.4, 0.5) is 0 Å². The molecule has 2 N–H and O–H groups in total. The van der Waals surface area contributed by atoms with Crippen molar-refractivity contribution in [2.45, 2.75) is 18.8 Å². The molecule has 0 heterocycles. The maximum Gasteiger partial charge on any atom is 0.307 e. The zero-order valence-electron chi connectivity index (χ0n) is 15.4. The molecule has 5 heteroatoms. The monoisotopic (exact) mass is 353 g/mol. The molecule has 0 bridgehead atoms. The molecule has 26 heavy (non-hydrogen) atoms. The summed E-state index contributed by atoms with van der Waals surface area (Å²) in [5, 5.41) is 6.44. The van der Waals surface area contributed by atoms with Gasteiger partial charge in [0.2, 0.25) is 0 Å². The lowest BCUT2D eigenvalue weighted by molar-refractivity contribution is -0.140. The van der Waals surface area contributed by atoms with Gasteiger partial charge in [0.15, 0.2) is 5.96 Å². The second-order valence-corrected chi connectivity index (χ2v) is 5.91. The van der Waals surface area contributed by atoms with E-state index in [1.807, 2.05) is 12.1 Å². The van der Waals surface area contributed by atoms with Gasteiger partial charge in [0, 0.05) is 26.1 Å². The third-order valence-electron chi connectivity index (χ3n) is 4.20. The van der Waals surface area contributed by atoms with Gasteiger partial charge < -0.3 is 15.4 Å². The van der Waals surface area contributed by atoms with Crippen molar-refractivity contribution in [1.29, 1.82) is 0 Å². The number of aliphatic imine (C=N–C) groups is 1. The van der Waals surface area contributed by atoms with Crippen molar-refractivity contribution in [1.82, 2.24) is 10.6 Å². The molecule has 0 aliphatic heterocycles. The van der Waals surface area contributed by atoms with Crippen LogP contribution >= 0.6 is 0 Å². The van der Waals surface area contributed by atoms with Gasteiger partial charge in [-0.05, 0) is 17.5 Å². The second-order valence-electron chi connectivity index (χ2n) is 5.91. The first kappa shape index (κ1) is 19.5. The number of carbonyl (C=O) groups is 1. The van der Waals surface area contributed by atoms with E-state index in [1.165, 1.54) is 18.2 Å². The number of hydrogen-bond acceptors (Lipinski definition) is 3. The number of nitrogens with one attached hydrogen (secondary N) is 2. The molecule has 0 spiro atoms. The molecule has 0 radical (unpaired) electrons. The minimum Gasteiger partial charge on any atom is -0.469 e. The molecule has 0 unspecified atom stereocenters. The first-order valence-electron chi connectivity index (χ1n) is 8.85. The Bertz CT molecular complexity index is 647. The van der Waals surface area contributed by atoms with Crippen molar-refractivity contribution < 1.29 is 9.53 Å². The number of guanidine groups is 1. The van der Waals surface area contributed by atoms with Crippen LogP contribution in [-0.4, -0.2) is 39.2 Å². The number of methoxy groups -OCH3 is 1. The molecule has 0 atom stereocenters. The van der Waals surface area contributed by atoms with Crippen molar-refractivity contribution in [3.8, 4) is 0 Å². The summed E-state index contributed by atoms with van der Waals surface area (Å²) in [5.74, 6) is 0.771. The summed E-state index contributed by atoms with van der Waals surface area (Å²) in [6, 6.07) is 21.0. The third-order valence-corrected chi connectivity index (χ3v) is 4.20. The van der Waals surface area contributed by atoms with Gasteiger partial charge in [0.25, 0.3) is 0 Å². The Morgan fingerprint density at radius 1 is 0.962 bits per heavy atom. The highest BCUT2D eigenvalue weighted by Crippen LogP contribution is 2.27. The van der Waals surface area contributed by atoms with E-state index in [0.29, 0.717) is 24.8 Å². The summed E-state index contributed by atoms with van der Waals surface area (Å²) in [4.78, 5) is 15.4. The number of nitrogens with zero attached hydrogens (tertiary/aromatic N) is 1. The Morgan fingerprint density at radius 2 is 1.50 bits per heavy atom. The lowest BCUT2D eigenvalue weighted by Gasteiger charge is -2.19. The fourth-order valence-electron chi connectivity index (χ4n) is 2.84. The average Bonchev–Trinajstić information content (AvgIpc) is 2.71. The van der Waals surface area contributed by atoms with Crippen LogP contribution in [0.3, 0.4) is 0 Å². The van der Waals surface area contributed by atoms with Gasteiger partial charge in [-0.2, -0.15) is 0 Å². The van der Waals surface area contributed by atoms with E-state index in [9.17, 15) is 4.79 Å². The van der Waals surface area contributed by atoms with Crippen molar-refractivity contribution in [3.63, 3.8) is 0 Å². The van der Waals surface area contributed by atoms with E-state index in [-0.39, 0.29) is 5.97 Å². The van der Waals surface area contributed by atoms with Gasteiger partial charge in [0.1, 0.15) is 0 Å². The van der Waals surface area contributed by atoms with Gasteiger partial charge in [-0.15, -0.1) is 0 Å². The standard InChI is InChI=1S/C21H27N3O2/c1-22-21(24-16-14-20(25)26-2)23-15-13-19(17-9-5-3-6-10-17)18-11-7-4-8-12-18/h3-12,19H,13-16H2,1-2H3,(H2,22,23,24). The molecule has 0 saturated carbocycles. The smallest absolute Gasteiger partial charge is 0.307 e. The van der Waals surface area contributed by atoms with Crippen LogP contribution in [0.25, 0.3) is 0 Å². The number of hydrogen-bond donors (Lipinski definition) is 2. The number of carbonyl (C=O) groups excluding carboxylic acids is 1. The minimum absolute atomic E-state index is 0.235. The fraction of sp³-hybridized carbons (Fsp3) is 0.333. The van der Waals surface area contributed by atoms with Crippen LogP contribution in [0.5, 0.6) is 0 Å². The minimum atomic E-state index is -0.235. The molecule has 0 aliphatic rings. The predicted octanol–water partition coefficient (Wildman–Crippen LogP) is 2.94. The number of rotatable bonds is 8. The number of benzene rings is 2. The summed E-state index contributed by atoms with van der Waals surface area (Å²) in [7, 11) is 3.11. The highest BCUT2D eigenvalue weighted by Gasteiger charge is 2.13. The van der Waals surface area contributed by atoms with Gasteiger partial charge >= 0.3 is 5.97 Å². The molecule has 5 nitrogen and oxygen atoms in total. The summed E-state index contributed by atoms with van der Waals surface area (Å²) in [6.07, 6.45) is 1.25. The zero-order valence-corrected chi connectivity index (χ0v) is 15.4. The quantitative estimate of drug-likeness (QED) is 0.435. The van der Waals surface area contributed by atoms with Crippen molar-refractivity contribution >= 4 is 11.9 Å². The molecule has 0 amide bonds. The summed E-state index contributed by atoms with van der Waals surface area (Å²) in [5.41, 5.74) is 2.60. The molecule has 138 valence electrons. The fourth-order valence-corrected chi connectivity index (χ4v) is 2.84. The summed E-state index contributed by atoms with van der Waals surface area (Å²) < 4.78 is 4.64. The van der Waals surface area contributed by atoms with Crippen LogP contribution in [0.1, 0.15) is 29.9 Å². The Kier molecular flexibility index (Phi) is 8.19. The van der Waals surface area contributed by atoms with E-state index < -0.39 is 0 Å². The third kappa shape index (κ3) is 6.24. The van der Waals surface area contributed by atoms with Crippen LogP contribution in [0.2, 0.25) is 0 Å². The highest BCUT2D eigenvalue weighted by molar-refractivity contribution is 5.80. The molecular weight excluding hydrogens is 326 g/mol. The highest BCUT2D eigenvalue weighted by atomic mass is 16.5. The maximum atomic E-state index is 11.2. The SMILES string of the molecule is CN=C(NCCC(=O)OC)NCCC(c1ccccc1)c1ccccc1. The molecule has 2 rings (SSSR count). The summed E-state index contributed by atoms with van der Waals surface area (Å²) in [6.45, 7) is 1.26. The Labute approximate surface area is 155 Å². The van der Waals surface area contributed by atoms with Gasteiger partial charge in [0.05, 0.1) is 13.5 Å². The van der Waals surface area contributed by atoms with Crippen molar-refractivity contribution in [2.24, 2.45) is 4.99 Å². The van der Waals surface area contributed by atoms with E-state index in [0.717, 1.165) is 13.0 Å². The van der Waals surface area contributed by atoms with Crippen molar-refractivity contribution in [2.75, 3.05) is 27.2 Å². The summed E-state index contributed by atoms with van der Waals surface area (Å²) >= 11 is 0. The van der Waals surface area contributed by atoms with Gasteiger partial charge in [-0.1, -0.05) is 60.7 Å². The molecule has 0 saturated heterocycles. The molecule has 0 aliphatic carbocycles. The topological polar surface area (TPSA) is 62.7 Å². The molecule has 0 fully saturated rings. The molecule has 2 aromatic rings. The number of esters is 1. The maximum absolute atomic E-state index is 11.2. The first-order valence-corrected chi connectivity index (χ1v) is 8.85. The molecular formula is C21H27N3O2. The van der Waals surface area contributed by atoms with Crippen LogP contribution in [0.15, 0.2) is 65.7 Å². The van der Waals surface area contributed by atoms with E-state index in [1.54, 1.807) is 7.05 Å². The van der Waals surface area contributed by atoms with Gasteiger partial charge in [-0.25, -0.2) is 0 Å². The van der Waals surface area contributed by atoms with Gasteiger partial charge in [-0.3, -0.25) is 9.79 Å². The Hall–Kier alpha value is -2.82. The molecule has 2 aromatic carbocycles. The second kappa shape index (κ2) is 10.9. The average molecular weight is 353 g/mol. The lowest BCUT2D eigenvalue weighted by atomic mass is 9.88.